The van der Waals surface area contributed by atoms with Crippen LogP contribution >= 0.6 is 15.9 Å². The summed E-state index contributed by atoms with van der Waals surface area (Å²) in [5.41, 5.74) is 4.71. The summed E-state index contributed by atoms with van der Waals surface area (Å²) in [6, 6.07) is 1.03. The minimum Gasteiger partial charge on any atom is -0.358 e. The first-order valence-electron chi connectivity index (χ1n) is 3.79. The zero-order chi connectivity index (χ0) is 11.6. The summed E-state index contributed by atoms with van der Waals surface area (Å²) < 4.78 is 24.7. The molecular formula is C7H6BrF2N3O2. The van der Waals surface area contributed by atoms with Crippen LogP contribution in [0.1, 0.15) is 17.7 Å². The lowest BCUT2D eigenvalue weighted by Gasteiger charge is -2.03. The standard InChI is InChI=1S/C7H6BrF2N3O2/c8-4-1-5(6(9)10)12-7(13(14)15)3(4)2-11/h1,6H,2,11H2. The molecular weight excluding hydrogens is 276 g/mol. The van der Waals surface area contributed by atoms with Crippen LogP contribution in [0.3, 0.4) is 0 Å². The van der Waals surface area contributed by atoms with E-state index < -0.39 is 22.9 Å². The highest BCUT2D eigenvalue weighted by atomic mass is 79.9. The summed E-state index contributed by atoms with van der Waals surface area (Å²) in [5.74, 6) is -0.637. The molecule has 0 saturated carbocycles. The lowest BCUT2D eigenvalue weighted by atomic mass is 10.2. The van der Waals surface area contributed by atoms with E-state index >= 15 is 0 Å². The van der Waals surface area contributed by atoms with E-state index in [9.17, 15) is 18.9 Å². The summed E-state index contributed by atoms with van der Waals surface area (Å²) in [5, 5.41) is 10.5. The van der Waals surface area contributed by atoms with Gasteiger partial charge < -0.3 is 15.8 Å². The van der Waals surface area contributed by atoms with Gasteiger partial charge in [-0.2, -0.15) is 0 Å². The minimum atomic E-state index is -2.85. The first kappa shape index (κ1) is 11.9. The van der Waals surface area contributed by atoms with Crippen LogP contribution in [0, 0.1) is 10.1 Å². The Morgan fingerprint density at radius 3 is 2.67 bits per heavy atom. The molecule has 8 heteroatoms. The van der Waals surface area contributed by atoms with Crippen LogP contribution in [0.5, 0.6) is 0 Å². The van der Waals surface area contributed by atoms with Crippen LogP contribution < -0.4 is 5.73 Å². The van der Waals surface area contributed by atoms with Gasteiger partial charge in [-0.1, -0.05) is 0 Å². The number of aromatic nitrogens is 1. The van der Waals surface area contributed by atoms with Crippen LogP contribution in [-0.4, -0.2) is 9.91 Å². The van der Waals surface area contributed by atoms with Crippen molar-refractivity contribution in [3.05, 3.63) is 31.9 Å². The fourth-order valence-electron chi connectivity index (χ4n) is 0.997. The monoisotopic (exact) mass is 281 g/mol. The van der Waals surface area contributed by atoms with E-state index in [0.717, 1.165) is 6.07 Å². The molecule has 0 spiro atoms. The van der Waals surface area contributed by atoms with Crippen molar-refractivity contribution >= 4 is 21.7 Å². The molecule has 0 saturated heterocycles. The van der Waals surface area contributed by atoms with Crippen molar-refractivity contribution in [1.29, 1.82) is 0 Å². The average molecular weight is 282 g/mol. The van der Waals surface area contributed by atoms with Gasteiger partial charge in [0.25, 0.3) is 0 Å². The van der Waals surface area contributed by atoms with Crippen molar-refractivity contribution < 1.29 is 13.7 Å². The second-order valence-electron chi connectivity index (χ2n) is 2.59. The van der Waals surface area contributed by atoms with Gasteiger partial charge in [-0.05, 0) is 25.8 Å². The van der Waals surface area contributed by atoms with Crippen LogP contribution in [0.15, 0.2) is 10.5 Å². The van der Waals surface area contributed by atoms with Crippen molar-refractivity contribution in [3.8, 4) is 0 Å². The number of nitro groups is 1. The molecule has 5 nitrogen and oxygen atoms in total. The maximum atomic E-state index is 12.3. The van der Waals surface area contributed by atoms with Crippen molar-refractivity contribution in [2.24, 2.45) is 5.73 Å². The molecule has 0 aliphatic heterocycles. The number of hydrogen-bond acceptors (Lipinski definition) is 4. The van der Waals surface area contributed by atoms with Crippen LogP contribution in [0.25, 0.3) is 0 Å². The van der Waals surface area contributed by atoms with E-state index in [1.54, 1.807) is 0 Å². The van der Waals surface area contributed by atoms with Crippen molar-refractivity contribution in [3.63, 3.8) is 0 Å². The van der Waals surface area contributed by atoms with Gasteiger partial charge in [0, 0.05) is 17.1 Å². The van der Waals surface area contributed by atoms with E-state index in [2.05, 4.69) is 20.9 Å². The third kappa shape index (κ3) is 2.45. The molecule has 1 heterocycles. The number of nitrogens with two attached hydrogens (primary N) is 1. The van der Waals surface area contributed by atoms with Crippen LogP contribution in [0.2, 0.25) is 0 Å². The number of nitrogens with zero attached hydrogens (tertiary/aromatic N) is 2. The van der Waals surface area contributed by atoms with E-state index in [4.69, 9.17) is 5.73 Å². The van der Waals surface area contributed by atoms with Crippen molar-refractivity contribution in [2.75, 3.05) is 0 Å². The number of rotatable bonds is 3. The first-order chi connectivity index (χ1) is 6.97. The van der Waals surface area contributed by atoms with Gasteiger partial charge in [0.2, 0.25) is 5.69 Å². The maximum absolute atomic E-state index is 12.3. The lowest BCUT2D eigenvalue weighted by molar-refractivity contribution is -0.390. The molecule has 1 aromatic rings. The van der Waals surface area contributed by atoms with Crippen LogP contribution in [-0.2, 0) is 6.54 Å². The van der Waals surface area contributed by atoms with E-state index in [0.29, 0.717) is 0 Å². The van der Waals surface area contributed by atoms with Gasteiger partial charge in [0.05, 0.1) is 5.56 Å². The highest BCUT2D eigenvalue weighted by Gasteiger charge is 2.24. The SMILES string of the molecule is NCc1c(Br)cc(C(F)F)nc1[N+](=O)[O-]. The second-order valence-corrected chi connectivity index (χ2v) is 3.45. The van der Waals surface area contributed by atoms with Gasteiger partial charge in [-0.3, -0.25) is 0 Å². The van der Waals surface area contributed by atoms with Crippen molar-refractivity contribution in [1.82, 2.24) is 4.98 Å². The Morgan fingerprint density at radius 1 is 1.67 bits per heavy atom. The predicted octanol–water partition coefficient (Wildman–Crippen LogP) is 2.15. The maximum Gasteiger partial charge on any atom is 0.369 e. The summed E-state index contributed by atoms with van der Waals surface area (Å²) in [6.45, 7) is -0.145. The Bertz CT molecular complexity index is 400. The Kier molecular flexibility index (Phi) is 3.64. The van der Waals surface area contributed by atoms with Gasteiger partial charge in [-0.15, -0.1) is 0 Å². The molecule has 0 amide bonds. The number of pyridine rings is 1. The zero-order valence-corrected chi connectivity index (χ0v) is 8.87. The number of hydrogen-bond donors (Lipinski definition) is 1. The van der Waals surface area contributed by atoms with Gasteiger partial charge >= 0.3 is 12.2 Å². The molecule has 15 heavy (non-hydrogen) atoms. The molecule has 2 N–H and O–H groups in total. The zero-order valence-electron chi connectivity index (χ0n) is 7.28. The summed E-state index contributed by atoms with van der Waals surface area (Å²) in [7, 11) is 0. The Labute approximate surface area is 91.6 Å². The molecule has 1 rings (SSSR count). The predicted molar refractivity (Wildman–Crippen MR) is 51.4 cm³/mol. The van der Waals surface area contributed by atoms with E-state index in [1.165, 1.54) is 0 Å². The smallest absolute Gasteiger partial charge is 0.358 e. The van der Waals surface area contributed by atoms with Crippen LogP contribution in [0.4, 0.5) is 14.6 Å². The third-order valence-corrected chi connectivity index (χ3v) is 2.38. The molecule has 0 aromatic carbocycles. The average Bonchev–Trinajstić information content (AvgIpc) is 2.16. The van der Waals surface area contributed by atoms with Gasteiger partial charge in [-0.25, -0.2) is 8.78 Å². The lowest BCUT2D eigenvalue weighted by Crippen LogP contribution is -2.07. The fraction of sp³-hybridized carbons (Fsp3) is 0.286. The molecule has 82 valence electrons. The van der Waals surface area contributed by atoms with E-state index in [-0.39, 0.29) is 16.6 Å². The summed E-state index contributed by atoms with van der Waals surface area (Å²) >= 11 is 2.94. The Balaban J connectivity index is 3.38. The van der Waals surface area contributed by atoms with Gasteiger partial charge in [0.1, 0.15) is 0 Å². The molecule has 0 radical (unpaired) electrons. The second kappa shape index (κ2) is 4.58. The first-order valence-corrected chi connectivity index (χ1v) is 4.58. The summed E-state index contributed by atoms with van der Waals surface area (Å²) in [4.78, 5) is 12.9. The fourth-order valence-corrected chi connectivity index (χ4v) is 1.57. The molecule has 0 aliphatic carbocycles. The normalized spacial score (nSPS) is 10.7. The number of halogens is 3. The minimum absolute atomic E-state index is 0.101. The third-order valence-electron chi connectivity index (χ3n) is 1.67. The quantitative estimate of drug-likeness (QED) is 0.680. The number of alkyl halides is 2. The summed E-state index contributed by atoms with van der Waals surface area (Å²) in [6.07, 6.45) is -2.85. The largest absolute Gasteiger partial charge is 0.369 e. The van der Waals surface area contributed by atoms with Gasteiger partial charge in [0.15, 0.2) is 0 Å². The van der Waals surface area contributed by atoms with E-state index in [1.807, 2.05) is 0 Å². The molecule has 1 aromatic heterocycles. The molecule has 0 atom stereocenters. The molecule has 0 unspecified atom stereocenters. The Morgan fingerprint density at radius 2 is 2.27 bits per heavy atom. The van der Waals surface area contributed by atoms with Crippen molar-refractivity contribution in [2.45, 2.75) is 13.0 Å². The molecule has 0 fully saturated rings. The highest BCUT2D eigenvalue weighted by Crippen LogP contribution is 2.29. The Hall–Kier alpha value is -1.15. The highest BCUT2D eigenvalue weighted by molar-refractivity contribution is 9.10. The molecule has 0 aliphatic rings. The molecule has 0 bridgehead atoms. The topological polar surface area (TPSA) is 82.0 Å².